The van der Waals surface area contributed by atoms with E-state index in [9.17, 15) is 9.59 Å². The fourth-order valence-corrected chi connectivity index (χ4v) is 3.69. The standard InChI is InChI=1S/C15H18ClNO2S/c1-3-14(11-4-6-12(16)7-5-11)17-9-13(8-15(17)19)20-10(2)18/h4-7,13-14H,3,8-9H2,1-2H3. The second kappa shape index (κ2) is 6.64. The highest BCUT2D eigenvalue weighted by Crippen LogP contribution is 2.33. The first-order valence-corrected chi connectivity index (χ1v) is 7.99. The highest BCUT2D eigenvalue weighted by Gasteiger charge is 2.35. The van der Waals surface area contributed by atoms with Crippen LogP contribution in [-0.2, 0) is 9.59 Å². The molecule has 5 heteroatoms. The van der Waals surface area contributed by atoms with Crippen molar-refractivity contribution in [2.75, 3.05) is 6.54 Å². The van der Waals surface area contributed by atoms with E-state index in [2.05, 4.69) is 6.92 Å². The van der Waals surface area contributed by atoms with Gasteiger partial charge in [0, 0.05) is 30.2 Å². The van der Waals surface area contributed by atoms with Gasteiger partial charge < -0.3 is 4.90 Å². The fraction of sp³-hybridized carbons (Fsp3) is 0.467. The number of carbonyl (C=O) groups is 2. The van der Waals surface area contributed by atoms with Crippen molar-refractivity contribution in [3.63, 3.8) is 0 Å². The Morgan fingerprint density at radius 3 is 2.65 bits per heavy atom. The molecular formula is C15H18ClNO2S. The summed E-state index contributed by atoms with van der Waals surface area (Å²) < 4.78 is 0. The Hall–Kier alpha value is -1.00. The van der Waals surface area contributed by atoms with Crippen LogP contribution in [0.25, 0.3) is 0 Å². The quantitative estimate of drug-likeness (QED) is 0.851. The van der Waals surface area contributed by atoms with Crippen LogP contribution in [0.3, 0.4) is 0 Å². The van der Waals surface area contributed by atoms with E-state index < -0.39 is 0 Å². The number of amides is 1. The van der Waals surface area contributed by atoms with Crippen molar-refractivity contribution in [1.82, 2.24) is 4.90 Å². The molecule has 0 saturated carbocycles. The molecule has 0 bridgehead atoms. The van der Waals surface area contributed by atoms with Crippen LogP contribution in [0.1, 0.15) is 38.3 Å². The minimum absolute atomic E-state index is 0.0670. The van der Waals surface area contributed by atoms with Gasteiger partial charge in [0.05, 0.1) is 6.04 Å². The summed E-state index contributed by atoms with van der Waals surface area (Å²) in [5.74, 6) is 0.130. The Bertz CT molecular complexity index is 503. The van der Waals surface area contributed by atoms with E-state index in [4.69, 9.17) is 11.6 Å². The second-order valence-corrected chi connectivity index (χ2v) is 6.87. The van der Waals surface area contributed by atoms with Crippen molar-refractivity contribution in [2.45, 2.75) is 38.0 Å². The van der Waals surface area contributed by atoms with Gasteiger partial charge in [0.2, 0.25) is 5.91 Å². The molecule has 0 aromatic heterocycles. The minimum atomic E-state index is 0.0670. The Labute approximate surface area is 128 Å². The molecule has 0 radical (unpaired) electrons. The molecule has 1 fully saturated rings. The van der Waals surface area contributed by atoms with Gasteiger partial charge in [-0.1, -0.05) is 42.4 Å². The Kier molecular flexibility index (Phi) is 5.11. The molecule has 3 nitrogen and oxygen atoms in total. The van der Waals surface area contributed by atoms with Crippen LogP contribution in [0, 0.1) is 0 Å². The Morgan fingerprint density at radius 2 is 2.10 bits per heavy atom. The van der Waals surface area contributed by atoms with Gasteiger partial charge in [0.25, 0.3) is 0 Å². The lowest BCUT2D eigenvalue weighted by Gasteiger charge is -2.27. The zero-order valence-corrected chi connectivity index (χ0v) is 13.2. The molecule has 20 heavy (non-hydrogen) atoms. The molecule has 1 heterocycles. The summed E-state index contributed by atoms with van der Waals surface area (Å²) in [7, 11) is 0. The second-order valence-electron chi connectivity index (χ2n) is 4.96. The van der Waals surface area contributed by atoms with Gasteiger partial charge in [-0.25, -0.2) is 0 Å². The van der Waals surface area contributed by atoms with Crippen molar-refractivity contribution in [3.8, 4) is 0 Å². The van der Waals surface area contributed by atoms with Crippen molar-refractivity contribution in [1.29, 1.82) is 0 Å². The third-order valence-electron chi connectivity index (χ3n) is 3.47. The lowest BCUT2D eigenvalue weighted by atomic mass is 10.0. The maximum absolute atomic E-state index is 12.2. The molecule has 1 saturated heterocycles. The molecule has 2 unspecified atom stereocenters. The maximum Gasteiger partial charge on any atom is 0.224 e. The summed E-state index contributed by atoms with van der Waals surface area (Å²) in [5.41, 5.74) is 1.10. The molecule has 0 aliphatic carbocycles. The van der Waals surface area contributed by atoms with E-state index in [0.29, 0.717) is 18.0 Å². The zero-order chi connectivity index (χ0) is 14.7. The largest absolute Gasteiger partial charge is 0.334 e. The number of nitrogens with zero attached hydrogens (tertiary/aromatic N) is 1. The number of thioether (sulfide) groups is 1. The first-order valence-electron chi connectivity index (χ1n) is 6.73. The normalized spacial score (nSPS) is 20.2. The van der Waals surface area contributed by atoms with Crippen LogP contribution in [0.4, 0.5) is 0 Å². The molecule has 0 N–H and O–H groups in total. The average Bonchev–Trinajstić information content (AvgIpc) is 2.73. The van der Waals surface area contributed by atoms with Crippen LogP contribution in [0.15, 0.2) is 24.3 Å². The van der Waals surface area contributed by atoms with Crippen molar-refractivity contribution in [2.24, 2.45) is 0 Å². The number of rotatable bonds is 4. The third kappa shape index (κ3) is 3.55. The summed E-state index contributed by atoms with van der Waals surface area (Å²) in [6.45, 7) is 4.26. The summed E-state index contributed by atoms with van der Waals surface area (Å²) in [5, 5.41) is 0.854. The van der Waals surface area contributed by atoms with Gasteiger partial charge in [0.15, 0.2) is 5.12 Å². The number of hydrogen-bond acceptors (Lipinski definition) is 3. The van der Waals surface area contributed by atoms with E-state index in [0.717, 1.165) is 12.0 Å². The first kappa shape index (κ1) is 15.4. The van der Waals surface area contributed by atoms with Crippen LogP contribution < -0.4 is 0 Å². The average molecular weight is 312 g/mol. The number of carbonyl (C=O) groups excluding carboxylic acids is 2. The van der Waals surface area contributed by atoms with Gasteiger partial charge in [0.1, 0.15) is 0 Å². The maximum atomic E-state index is 12.2. The Morgan fingerprint density at radius 1 is 1.45 bits per heavy atom. The molecule has 1 amide bonds. The van der Waals surface area contributed by atoms with E-state index in [1.165, 1.54) is 11.8 Å². The zero-order valence-electron chi connectivity index (χ0n) is 11.6. The van der Waals surface area contributed by atoms with Crippen molar-refractivity contribution >= 4 is 34.4 Å². The topological polar surface area (TPSA) is 37.4 Å². The van der Waals surface area contributed by atoms with Crippen LogP contribution >= 0.6 is 23.4 Å². The van der Waals surface area contributed by atoms with Gasteiger partial charge >= 0.3 is 0 Å². The number of hydrogen-bond donors (Lipinski definition) is 0. The summed E-state index contributed by atoms with van der Waals surface area (Å²) in [4.78, 5) is 25.3. The molecule has 1 aromatic carbocycles. The molecule has 108 valence electrons. The Balaban J connectivity index is 2.13. The number of benzene rings is 1. The van der Waals surface area contributed by atoms with Crippen LogP contribution in [0.5, 0.6) is 0 Å². The van der Waals surface area contributed by atoms with Gasteiger partial charge in [-0.3, -0.25) is 9.59 Å². The number of likely N-dealkylation sites (tertiary alicyclic amines) is 1. The van der Waals surface area contributed by atoms with E-state index in [1.54, 1.807) is 6.92 Å². The molecule has 1 aliphatic heterocycles. The molecule has 1 aromatic rings. The van der Waals surface area contributed by atoms with Crippen molar-refractivity contribution in [3.05, 3.63) is 34.9 Å². The van der Waals surface area contributed by atoms with Crippen LogP contribution in [-0.4, -0.2) is 27.7 Å². The summed E-state index contributed by atoms with van der Waals surface area (Å²) in [6.07, 6.45) is 1.30. The predicted molar refractivity (Wildman–Crippen MR) is 82.9 cm³/mol. The number of halogens is 1. The molecule has 0 spiro atoms. The van der Waals surface area contributed by atoms with Crippen molar-refractivity contribution < 1.29 is 9.59 Å². The SMILES string of the molecule is CCC(c1ccc(Cl)cc1)N1CC(SC(C)=O)CC1=O. The van der Waals surface area contributed by atoms with Crippen LogP contribution in [0.2, 0.25) is 5.02 Å². The van der Waals surface area contributed by atoms with E-state index in [-0.39, 0.29) is 22.3 Å². The minimum Gasteiger partial charge on any atom is -0.334 e. The fourth-order valence-electron chi connectivity index (χ4n) is 2.63. The highest BCUT2D eigenvalue weighted by atomic mass is 35.5. The first-order chi connectivity index (χ1) is 9.51. The lowest BCUT2D eigenvalue weighted by molar-refractivity contribution is -0.129. The molecule has 2 rings (SSSR count). The predicted octanol–water partition coefficient (Wildman–Crippen LogP) is 3.67. The lowest BCUT2D eigenvalue weighted by Crippen LogP contribution is -2.30. The summed E-state index contributed by atoms with van der Waals surface area (Å²) >= 11 is 7.18. The van der Waals surface area contributed by atoms with Gasteiger partial charge in [-0.15, -0.1) is 0 Å². The molecule has 1 aliphatic rings. The molecular weight excluding hydrogens is 294 g/mol. The third-order valence-corrected chi connectivity index (χ3v) is 4.71. The smallest absolute Gasteiger partial charge is 0.224 e. The van der Waals surface area contributed by atoms with Gasteiger partial charge in [-0.2, -0.15) is 0 Å². The molecule has 2 atom stereocenters. The highest BCUT2D eigenvalue weighted by molar-refractivity contribution is 8.14. The summed E-state index contributed by atoms with van der Waals surface area (Å²) in [6, 6.07) is 7.70. The monoisotopic (exact) mass is 311 g/mol. The van der Waals surface area contributed by atoms with Gasteiger partial charge in [-0.05, 0) is 24.1 Å². The van der Waals surface area contributed by atoms with E-state index in [1.807, 2.05) is 29.2 Å². The van der Waals surface area contributed by atoms with E-state index >= 15 is 0 Å².